The molecule has 2 unspecified atom stereocenters. The van der Waals surface area contributed by atoms with E-state index < -0.39 is 5.97 Å². The van der Waals surface area contributed by atoms with Crippen LogP contribution in [0.15, 0.2) is 0 Å². The Bertz CT molecular complexity index is 601. The van der Waals surface area contributed by atoms with Gasteiger partial charge in [-0.15, -0.1) is 0 Å². The lowest BCUT2D eigenvalue weighted by Gasteiger charge is -2.62. The van der Waals surface area contributed by atoms with E-state index in [9.17, 15) is 19.8 Å². The average molecular weight is 363 g/mol. The molecule has 0 aliphatic heterocycles. The summed E-state index contributed by atoms with van der Waals surface area (Å²) in [7, 11) is 0. The van der Waals surface area contributed by atoms with Gasteiger partial charge < -0.3 is 10.2 Å². The zero-order valence-corrected chi connectivity index (χ0v) is 16.2. The predicted molar refractivity (Wildman–Crippen MR) is 98.5 cm³/mol. The van der Waals surface area contributed by atoms with Gasteiger partial charge in [-0.25, -0.2) is 0 Å². The predicted octanol–water partition coefficient (Wildman–Crippen LogP) is 4.05. The molecule has 4 fully saturated rings. The van der Waals surface area contributed by atoms with Crippen molar-refractivity contribution in [2.24, 2.45) is 40.4 Å². The molecule has 0 heterocycles. The number of ketones is 1. The Hall–Kier alpha value is -0.900. The van der Waals surface area contributed by atoms with Crippen molar-refractivity contribution in [2.45, 2.75) is 84.2 Å². The molecule has 0 aromatic carbocycles. The number of hydrogen-bond acceptors (Lipinski definition) is 3. The van der Waals surface area contributed by atoms with Crippen LogP contribution in [0.4, 0.5) is 0 Å². The Labute approximate surface area is 156 Å². The second kappa shape index (κ2) is 6.32. The third kappa shape index (κ3) is 2.58. The number of carboxylic acids is 1. The van der Waals surface area contributed by atoms with Gasteiger partial charge in [0.1, 0.15) is 5.78 Å². The maximum atomic E-state index is 12.4. The molecule has 0 saturated heterocycles. The van der Waals surface area contributed by atoms with Gasteiger partial charge in [-0.1, -0.05) is 13.8 Å². The normalized spacial score (nSPS) is 50.7. The molecule has 4 nitrogen and oxygen atoms in total. The molecule has 8 atom stereocenters. The van der Waals surface area contributed by atoms with Crippen LogP contribution in [-0.4, -0.2) is 28.1 Å². The molecule has 4 heteroatoms. The van der Waals surface area contributed by atoms with Crippen molar-refractivity contribution in [3.8, 4) is 0 Å². The fourth-order valence-corrected chi connectivity index (χ4v) is 7.96. The molecule has 0 spiro atoms. The molecule has 26 heavy (non-hydrogen) atoms. The summed E-state index contributed by atoms with van der Waals surface area (Å²) in [5, 5.41) is 19.8. The lowest BCUT2D eigenvalue weighted by molar-refractivity contribution is -0.159. The van der Waals surface area contributed by atoms with Crippen LogP contribution in [0, 0.1) is 40.4 Å². The third-order valence-corrected chi connectivity index (χ3v) is 9.45. The van der Waals surface area contributed by atoms with Crippen LogP contribution >= 0.6 is 0 Å². The summed E-state index contributed by atoms with van der Waals surface area (Å²) >= 11 is 0. The summed E-state index contributed by atoms with van der Waals surface area (Å²) in [4.78, 5) is 23.6. The van der Waals surface area contributed by atoms with Gasteiger partial charge in [-0.2, -0.15) is 0 Å². The van der Waals surface area contributed by atoms with E-state index in [-0.39, 0.29) is 29.3 Å². The number of fused-ring (bicyclic) bond motifs is 5. The monoisotopic (exact) mass is 362 g/mol. The van der Waals surface area contributed by atoms with Crippen LogP contribution in [0.3, 0.4) is 0 Å². The first-order valence-corrected chi connectivity index (χ1v) is 10.7. The number of carbonyl (C=O) groups is 2. The van der Waals surface area contributed by atoms with Crippen molar-refractivity contribution >= 4 is 11.8 Å². The Balaban J connectivity index is 1.64. The van der Waals surface area contributed by atoms with Crippen molar-refractivity contribution in [1.82, 2.24) is 0 Å². The second-order valence-corrected chi connectivity index (χ2v) is 10.2. The maximum absolute atomic E-state index is 12.4. The highest BCUT2D eigenvalue weighted by Gasteiger charge is 2.62. The van der Waals surface area contributed by atoms with Crippen molar-refractivity contribution in [3.05, 3.63) is 0 Å². The number of hydrogen-bond donors (Lipinski definition) is 2. The maximum Gasteiger partial charge on any atom is 0.303 e. The highest BCUT2D eigenvalue weighted by molar-refractivity contribution is 5.80. The molecule has 0 aromatic heterocycles. The molecule has 4 aliphatic carbocycles. The smallest absolute Gasteiger partial charge is 0.303 e. The Morgan fingerprint density at radius 1 is 1.08 bits per heavy atom. The van der Waals surface area contributed by atoms with Crippen LogP contribution in [-0.2, 0) is 9.59 Å². The first-order chi connectivity index (χ1) is 12.3. The fraction of sp³-hybridized carbons (Fsp3) is 0.909. The minimum Gasteiger partial charge on any atom is -0.481 e. The van der Waals surface area contributed by atoms with Crippen molar-refractivity contribution in [1.29, 1.82) is 0 Å². The molecule has 4 aliphatic rings. The summed E-state index contributed by atoms with van der Waals surface area (Å²) in [5.41, 5.74) is 0.173. The lowest BCUT2D eigenvalue weighted by Crippen LogP contribution is -2.57. The topological polar surface area (TPSA) is 74.6 Å². The standard InChI is InChI=1S/C22H34O4/c1-21-10-9-18-16(17(21)6-7-19(21)24)5-3-13-11-15(23)12-14(22(13,18)2)4-8-20(25)26/h13-14,16-19,24H,3-12H2,1-2H3,(H,25,26)/t13?,14?,16-,17-,18-,19-,21-,22+/m0/s1. The van der Waals surface area contributed by atoms with Gasteiger partial charge in [0, 0.05) is 19.3 Å². The number of carboxylic acid groups (broad SMARTS) is 1. The summed E-state index contributed by atoms with van der Waals surface area (Å²) in [5.74, 6) is 2.09. The summed E-state index contributed by atoms with van der Waals surface area (Å²) in [6, 6.07) is 0. The number of aliphatic hydroxyl groups is 1. The lowest BCUT2D eigenvalue weighted by atomic mass is 9.42. The van der Waals surface area contributed by atoms with Crippen LogP contribution in [0.25, 0.3) is 0 Å². The highest BCUT2D eigenvalue weighted by Crippen LogP contribution is 2.67. The minimum absolute atomic E-state index is 0.0748. The quantitative estimate of drug-likeness (QED) is 0.794. The van der Waals surface area contributed by atoms with Gasteiger partial charge in [0.25, 0.3) is 0 Å². The van der Waals surface area contributed by atoms with Crippen LogP contribution in [0.2, 0.25) is 0 Å². The third-order valence-electron chi connectivity index (χ3n) is 9.45. The number of Topliss-reactive ketones (excluding diaryl/α,β-unsaturated/α-hetero) is 1. The highest BCUT2D eigenvalue weighted by atomic mass is 16.4. The van der Waals surface area contributed by atoms with E-state index in [0.29, 0.717) is 48.7 Å². The zero-order chi connectivity index (χ0) is 18.7. The van der Waals surface area contributed by atoms with Crippen LogP contribution in [0.5, 0.6) is 0 Å². The van der Waals surface area contributed by atoms with Gasteiger partial charge in [-0.05, 0) is 85.4 Å². The van der Waals surface area contributed by atoms with E-state index in [2.05, 4.69) is 13.8 Å². The Morgan fingerprint density at radius 2 is 1.85 bits per heavy atom. The van der Waals surface area contributed by atoms with Gasteiger partial charge in [-0.3, -0.25) is 9.59 Å². The number of aliphatic carboxylic acids is 1. The zero-order valence-electron chi connectivity index (χ0n) is 16.2. The Kier molecular flexibility index (Phi) is 4.49. The molecule has 4 saturated carbocycles. The summed E-state index contributed by atoms with van der Waals surface area (Å²) < 4.78 is 0. The number of carbonyl (C=O) groups excluding carboxylic acids is 1. The first-order valence-electron chi connectivity index (χ1n) is 10.7. The molecular formula is C22H34O4. The largest absolute Gasteiger partial charge is 0.481 e. The van der Waals surface area contributed by atoms with Gasteiger partial charge in [0.2, 0.25) is 0 Å². The number of aliphatic hydroxyl groups excluding tert-OH is 1. The van der Waals surface area contributed by atoms with E-state index in [4.69, 9.17) is 0 Å². The van der Waals surface area contributed by atoms with Crippen LogP contribution < -0.4 is 0 Å². The molecule has 2 N–H and O–H groups in total. The van der Waals surface area contributed by atoms with Gasteiger partial charge in [0.15, 0.2) is 0 Å². The van der Waals surface area contributed by atoms with E-state index in [0.717, 1.165) is 32.1 Å². The molecule has 146 valence electrons. The summed E-state index contributed by atoms with van der Waals surface area (Å²) in [6.45, 7) is 4.69. The van der Waals surface area contributed by atoms with E-state index in [1.54, 1.807) is 0 Å². The number of rotatable bonds is 3. The van der Waals surface area contributed by atoms with E-state index in [1.807, 2.05) is 0 Å². The van der Waals surface area contributed by atoms with Crippen molar-refractivity contribution < 1.29 is 19.8 Å². The molecule has 4 rings (SSSR count). The summed E-state index contributed by atoms with van der Waals surface area (Å²) in [6.07, 6.45) is 8.54. The molecular weight excluding hydrogens is 328 g/mol. The second-order valence-electron chi connectivity index (χ2n) is 10.2. The Morgan fingerprint density at radius 3 is 2.58 bits per heavy atom. The minimum atomic E-state index is -0.745. The van der Waals surface area contributed by atoms with E-state index >= 15 is 0 Å². The van der Waals surface area contributed by atoms with Crippen molar-refractivity contribution in [2.75, 3.05) is 0 Å². The fourth-order valence-electron chi connectivity index (χ4n) is 7.96. The molecule has 0 aromatic rings. The van der Waals surface area contributed by atoms with Gasteiger partial charge in [0.05, 0.1) is 6.10 Å². The van der Waals surface area contributed by atoms with Crippen LogP contribution in [0.1, 0.15) is 78.1 Å². The van der Waals surface area contributed by atoms with Crippen molar-refractivity contribution in [3.63, 3.8) is 0 Å². The van der Waals surface area contributed by atoms with E-state index in [1.165, 1.54) is 6.42 Å². The SMILES string of the molecule is C[C@]12C(CCC(=O)O)CC(=O)CC1CC[C@@H]1[C@@H]2CC[C@]2(C)[C@@H](O)CC[C@@H]12. The molecule has 0 radical (unpaired) electrons. The molecule has 0 bridgehead atoms. The average Bonchev–Trinajstić information content (AvgIpc) is 2.89. The molecule has 0 amide bonds. The first kappa shape index (κ1) is 18.5. The van der Waals surface area contributed by atoms with Gasteiger partial charge >= 0.3 is 5.97 Å².